The molecular formula is C25H16BrCl2FN2O4S. The van der Waals surface area contributed by atoms with Crippen LogP contribution in [0, 0.1) is 5.82 Å². The van der Waals surface area contributed by atoms with Crippen LogP contribution in [0.3, 0.4) is 0 Å². The fourth-order valence-electron chi connectivity index (χ4n) is 3.25. The van der Waals surface area contributed by atoms with Gasteiger partial charge in [0.2, 0.25) is 0 Å². The van der Waals surface area contributed by atoms with Gasteiger partial charge in [0.15, 0.2) is 6.61 Å². The SMILES string of the molecule is O=C(COc1ccc(Br)cc1/C=C1\SC(=O)N(Cc2ccc(F)cc2Cl)C1=O)Nc1ccccc1Cl. The number of thioether (sulfide) groups is 1. The molecule has 0 spiro atoms. The third-order valence-electron chi connectivity index (χ3n) is 4.98. The molecule has 4 rings (SSSR count). The van der Waals surface area contributed by atoms with Crippen molar-refractivity contribution in [3.05, 3.63) is 97.0 Å². The first-order valence-electron chi connectivity index (χ1n) is 10.4. The Morgan fingerprint density at radius 2 is 1.86 bits per heavy atom. The number of halogens is 4. The third kappa shape index (κ3) is 6.28. The second-order valence-electron chi connectivity index (χ2n) is 7.50. The number of rotatable bonds is 7. The monoisotopic (exact) mass is 608 g/mol. The number of hydrogen-bond donors (Lipinski definition) is 1. The van der Waals surface area contributed by atoms with Crippen molar-refractivity contribution in [3.63, 3.8) is 0 Å². The van der Waals surface area contributed by atoms with Crippen LogP contribution in [0.5, 0.6) is 5.75 Å². The molecule has 0 unspecified atom stereocenters. The van der Waals surface area contributed by atoms with Crippen molar-refractivity contribution < 1.29 is 23.5 Å². The number of ether oxygens (including phenoxy) is 1. The van der Waals surface area contributed by atoms with Crippen LogP contribution < -0.4 is 10.1 Å². The maximum atomic E-state index is 13.3. The quantitative estimate of drug-likeness (QED) is 0.288. The average Bonchev–Trinajstić information content (AvgIpc) is 3.09. The van der Waals surface area contributed by atoms with E-state index in [1.807, 2.05) is 0 Å². The lowest BCUT2D eigenvalue weighted by atomic mass is 10.1. The van der Waals surface area contributed by atoms with Crippen LogP contribution in [-0.2, 0) is 16.1 Å². The van der Waals surface area contributed by atoms with Crippen LogP contribution in [0.4, 0.5) is 14.9 Å². The highest BCUT2D eigenvalue weighted by molar-refractivity contribution is 9.10. The fourth-order valence-corrected chi connectivity index (χ4v) is 4.87. The van der Waals surface area contributed by atoms with E-state index in [-0.39, 0.29) is 23.1 Å². The Morgan fingerprint density at radius 3 is 2.61 bits per heavy atom. The normalized spacial score (nSPS) is 14.4. The summed E-state index contributed by atoms with van der Waals surface area (Å²) in [5.74, 6) is -1.12. The molecule has 1 heterocycles. The smallest absolute Gasteiger partial charge is 0.293 e. The molecule has 1 fully saturated rings. The second-order valence-corrected chi connectivity index (χ2v) is 10.2. The van der Waals surface area contributed by atoms with E-state index >= 15 is 0 Å². The number of para-hydroxylation sites is 1. The summed E-state index contributed by atoms with van der Waals surface area (Å²) < 4.78 is 19.7. The molecule has 3 aromatic rings. The fraction of sp³-hybridized carbons (Fsp3) is 0.0800. The summed E-state index contributed by atoms with van der Waals surface area (Å²) in [6.07, 6.45) is 1.52. The van der Waals surface area contributed by atoms with E-state index in [1.165, 1.54) is 18.2 Å². The van der Waals surface area contributed by atoms with Crippen LogP contribution in [0.2, 0.25) is 10.0 Å². The zero-order chi connectivity index (χ0) is 25.8. The summed E-state index contributed by atoms with van der Waals surface area (Å²) in [5, 5.41) is 2.70. The van der Waals surface area contributed by atoms with E-state index in [0.29, 0.717) is 32.1 Å². The van der Waals surface area contributed by atoms with Gasteiger partial charge in [0.05, 0.1) is 22.2 Å². The molecule has 1 N–H and O–H groups in total. The Bertz CT molecular complexity index is 1400. The van der Waals surface area contributed by atoms with Crippen molar-refractivity contribution in [2.24, 2.45) is 0 Å². The molecule has 0 saturated carbocycles. The molecule has 3 amide bonds. The van der Waals surface area contributed by atoms with Gasteiger partial charge in [0.25, 0.3) is 17.1 Å². The summed E-state index contributed by atoms with van der Waals surface area (Å²) >= 11 is 16.3. The molecule has 0 aliphatic carbocycles. The van der Waals surface area contributed by atoms with E-state index < -0.39 is 22.9 Å². The van der Waals surface area contributed by atoms with Crippen LogP contribution in [0.25, 0.3) is 6.08 Å². The van der Waals surface area contributed by atoms with E-state index in [2.05, 4.69) is 21.2 Å². The minimum atomic E-state index is -0.521. The number of carbonyl (C=O) groups is 3. The van der Waals surface area contributed by atoms with Gasteiger partial charge < -0.3 is 10.1 Å². The maximum absolute atomic E-state index is 13.3. The van der Waals surface area contributed by atoms with Crippen LogP contribution in [-0.4, -0.2) is 28.6 Å². The van der Waals surface area contributed by atoms with Gasteiger partial charge in [-0.15, -0.1) is 0 Å². The lowest BCUT2D eigenvalue weighted by molar-refractivity contribution is -0.123. The lowest BCUT2D eigenvalue weighted by Gasteiger charge is -2.13. The minimum Gasteiger partial charge on any atom is -0.483 e. The number of amides is 3. The van der Waals surface area contributed by atoms with Crippen molar-refractivity contribution >= 4 is 79.7 Å². The Hall–Kier alpha value is -2.85. The number of anilines is 1. The molecule has 0 radical (unpaired) electrons. The Balaban J connectivity index is 1.49. The van der Waals surface area contributed by atoms with Gasteiger partial charge in [-0.3, -0.25) is 19.3 Å². The van der Waals surface area contributed by atoms with Crippen molar-refractivity contribution in [2.45, 2.75) is 6.54 Å². The van der Waals surface area contributed by atoms with Gasteiger partial charge in [-0.2, -0.15) is 0 Å². The number of benzene rings is 3. The predicted octanol–water partition coefficient (Wildman–Crippen LogP) is 7.15. The number of imide groups is 1. The van der Waals surface area contributed by atoms with E-state index in [1.54, 1.807) is 42.5 Å². The molecule has 0 aromatic heterocycles. The maximum Gasteiger partial charge on any atom is 0.293 e. The first-order valence-corrected chi connectivity index (χ1v) is 12.7. The summed E-state index contributed by atoms with van der Waals surface area (Å²) in [4.78, 5) is 39.1. The van der Waals surface area contributed by atoms with Gasteiger partial charge >= 0.3 is 0 Å². The van der Waals surface area contributed by atoms with Crippen molar-refractivity contribution in [1.82, 2.24) is 4.90 Å². The van der Waals surface area contributed by atoms with Gasteiger partial charge in [-0.1, -0.05) is 57.3 Å². The van der Waals surface area contributed by atoms with E-state index in [0.717, 1.165) is 22.7 Å². The first kappa shape index (κ1) is 26.2. The summed E-state index contributed by atoms with van der Waals surface area (Å²) in [7, 11) is 0. The molecule has 1 aliphatic rings. The van der Waals surface area contributed by atoms with E-state index in [9.17, 15) is 18.8 Å². The molecule has 3 aromatic carbocycles. The third-order valence-corrected chi connectivity index (χ3v) is 7.06. The molecular weight excluding hydrogens is 594 g/mol. The Kier molecular flexibility index (Phi) is 8.35. The lowest BCUT2D eigenvalue weighted by Crippen LogP contribution is -2.27. The molecule has 0 atom stereocenters. The van der Waals surface area contributed by atoms with Crippen LogP contribution >= 0.6 is 50.9 Å². The molecule has 11 heteroatoms. The Morgan fingerprint density at radius 1 is 1.08 bits per heavy atom. The standard InChI is InChI=1S/C25H16BrCl2FN2O4S/c26-16-6-8-21(35-13-23(32)30-20-4-2-1-3-18(20)27)15(9-16)10-22-24(33)31(25(34)36-22)12-14-5-7-17(29)11-19(14)28/h1-11H,12-13H2,(H,30,32)/b22-10-. The number of nitrogens with one attached hydrogen (secondary N) is 1. The average molecular weight is 610 g/mol. The summed E-state index contributed by atoms with van der Waals surface area (Å²) in [5.41, 5.74) is 1.39. The van der Waals surface area contributed by atoms with Gasteiger partial charge in [-0.05, 0) is 65.9 Å². The van der Waals surface area contributed by atoms with E-state index in [4.69, 9.17) is 27.9 Å². The second kappa shape index (κ2) is 11.5. The minimum absolute atomic E-state index is 0.0921. The Labute approximate surface area is 228 Å². The van der Waals surface area contributed by atoms with Gasteiger partial charge in [-0.25, -0.2) is 4.39 Å². The number of nitrogens with zero attached hydrogens (tertiary/aromatic N) is 1. The van der Waals surface area contributed by atoms with Gasteiger partial charge in [0.1, 0.15) is 11.6 Å². The topological polar surface area (TPSA) is 75.7 Å². The molecule has 6 nitrogen and oxygen atoms in total. The van der Waals surface area contributed by atoms with Crippen molar-refractivity contribution in [2.75, 3.05) is 11.9 Å². The highest BCUT2D eigenvalue weighted by Gasteiger charge is 2.35. The molecule has 184 valence electrons. The molecule has 1 saturated heterocycles. The molecule has 36 heavy (non-hydrogen) atoms. The number of hydrogen-bond acceptors (Lipinski definition) is 5. The van der Waals surface area contributed by atoms with Crippen LogP contribution in [0.15, 0.2) is 70.0 Å². The largest absolute Gasteiger partial charge is 0.483 e. The first-order chi connectivity index (χ1) is 17.2. The summed E-state index contributed by atoms with van der Waals surface area (Å²) in [6, 6.07) is 15.6. The zero-order valence-electron chi connectivity index (χ0n) is 18.3. The molecule has 0 bridgehead atoms. The highest BCUT2D eigenvalue weighted by atomic mass is 79.9. The summed E-state index contributed by atoms with van der Waals surface area (Å²) in [6.45, 7) is -0.399. The van der Waals surface area contributed by atoms with Gasteiger partial charge in [0, 0.05) is 15.1 Å². The highest BCUT2D eigenvalue weighted by Crippen LogP contribution is 2.36. The number of carbonyl (C=O) groups excluding carboxylic acids is 3. The van der Waals surface area contributed by atoms with Crippen molar-refractivity contribution in [3.8, 4) is 5.75 Å². The predicted molar refractivity (Wildman–Crippen MR) is 143 cm³/mol. The van der Waals surface area contributed by atoms with Crippen molar-refractivity contribution in [1.29, 1.82) is 0 Å². The zero-order valence-corrected chi connectivity index (χ0v) is 22.2. The van der Waals surface area contributed by atoms with Crippen LogP contribution in [0.1, 0.15) is 11.1 Å². The molecule has 1 aliphatic heterocycles.